The standard InChI is InChI=1S/C13H12Cl2N2O2/c1-7(2)12-9(13(18)19)6-16-17(12)8-3-4-10(14)11(15)5-8/h3-7H,1-2H3,(H,18,19). The molecule has 2 aromatic rings. The van der Waals surface area contributed by atoms with Crippen LogP contribution in [-0.2, 0) is 0 Å². The van der Waals surface area contributed by atoms with E-state index in [4.69, 9.17) is 23.2 Å². The first-order valence-electron chi connectivity index (χ1n) is 5.68. The van der Waals surface area contributed by atoms with Crippen LogP contribution in [0, 0.1) is 0 Å². The lowest BCUT2D eigenvalue weighted by atomic mass is 10.1. The number of carboxylic acids is 1. The first-order valence-corrected chi connectivity index (χ1v) is 6.44. The van der Waals surface area contributed by atoms with Gasteiger partial charge in [-0.25, -0.2) is 9.48 Å². The molecule has 0 bridgehead atoms. The van der Waals surface area contributed by atoms with Crippen LogP contribution < -0.4 is 0 Å². The maximum atomic E-state index is 11.2. The van der Waals surface area contributed by atoms with Crippen molar-refractivity contribution in [3.8, 4) is 5.69 Å². The van der Waals surface area contributed by atoms with Gasteiger partial charge in [0.1, 0.15) is 5.56 Å². The highest BCUT2D eigenvalue weighted by Crippen LogP contribution is 2.27. The number of carbonyl (C=O) groups is 1. The molecule has 0 amide bonds. The minimum Gasteiger partial charge on any atom is -0.478 e. The zero-order chi connectivity index (χ0) is 14.2. The molecule has 0 fully saturated rings. The van der Waals surface area contributed by atoms with Gasteiger partial charge in [0, 0.05) is 0 Å². The van der Waals surface area contributed by atoms with Crippen molar-refractivity contribution in [3.63, 3.8) is 0 Å². The molecule has 4 nitrogen and oxygen atoms in total. The highest BCUT2D eigenvalue weighted by Gasteiger charge is 2.20. The van der Waals surface area contributed by atoms with Crippen molar-refractivity contribution in [1.82, 2.24) is 9.78 Å². The lowest BCUT2D eigenvalue weighted by Gasteiger charge is -2.12. The number of hydrogen-bond donors (Lipinski definition) is 1. The topological polar surface area (TPSA) is 55.1 Å². The fourth-order valence-corrected chi connectivity index (χ4v) is 2.19. The number of aromatic carboxylic acids is 1. The van der Waals surface area contributed by atoms with Crippen molar-refractivity contribution in [1.29, 1.82) is 0 Å². The molecule has 2 rings (SSSR count). The van der Waals surface area contributed by atoms with Gasteiger partial charge in [-0.3, -0.25) is 0 Å². The van der Waals surface area contributed by atoms with E-state index >= 15 is 0 Å². The van der Waals surface area contributed by atoms with Gasteiger partial charge in [0.2, 0.25) is 0 Å². The average molecular weight is 299 g/mol. The Morgan fingerprint density at radius 2 is 2.00 bits per heavy atom. The van der Waals surface area contributed by atoms with Crippen LogP contribution in [0.4, 0.5) is 0 Å². The largest absolute Gasteiger partial charge is 0.478 e. The summed E-state index contributed by atoms with van der Waals surface area (Å²) in [5, 5.41) is 14.2. The van der Waals surface area contributed by atoms with Crippen LogP contribution in [-0.4, -0.2) is 20.9 Å². The van der Waals surface area contributed by atoms with Crippen LogP contribution >= 0.6 is 23.2 Å². The van der Waals surface area contributed by atoms with E-state index in [2.05, 4.69) is 5.10 Å². The van der Waals surface area contributed by atoms with Gasteiger partial charge in [0.25, 0.3) is 0 Å². The van der Waals surface area contributed by atoms with Crippen molar-refractivity contribution in [2.24, 2.45) is 0 Å². The minimum absolute atomic E-state index is 0.0167. The van der Waals surface area contributed by atoms with Crippen molar-refractivity contribution >= 4 is 29.2 Å². The van der Waals surface area contributed by atoms with Crippen molar-refractivity contribution in [2.45, 2.75) is 19.8 Å². The SMILES string of the molecule is CC(C)c1c(C(=O)O)cnn1-c1ccc(Cl)c(Cl)c1. The number of nitrogens with zero attached hydrogens (tertiary/aromatic N) is 2. The zero-order valence-corrected chi connectivity index (χ0v) is 11.9. The van der Waals surface area contributed by atoms with Gasteiger partial charge >= 0.3 is 5.97 Å². The summed E-state index contributed by atoms with van der Waals surface area (Å²) in [6, 6.07) is 5.07. The Balaban J connectivity index is 2.62. The predicted octanol–water partition coefficient (Wildman–Crippen LogP) is 4.00. The van der Waals surface area contributed by atoms with Crippen LogP contribution in [0.5, 0.6) is 0 Å². The van der Waals surface area contributed by atoms with Gasteiger partial charge < -0.3 is 5.11 Å². The normalized spacial score (nSPS) is 11.0. The third kappa shape index (κ3) is 2.60. The van der Waals surface area contributed by atoms with Gasteiger partial charge in [-0.05, 0) is 24.1 Å². The van der Waals surface area contributed by atoms with Gasteiger partial charge in [-0.2, -0.15) is 5.10 Å². The maximum Gasteiger partial charge on any atom is 0.339 e. The summed E-state index contributed by atoms with van der Waals surface area (Å²) in [7, 11) is 0. The van der Waals surface area contributed by atoms with Crippen LogP contribution in [0.1, 0.15) is 35.8 Å². The molecular weight excluding hydrogens is 287 g/mol. The molecule has 1 heterocycles. The number of rotatable bonds is 3. The quantitative estimate of drug-likeness (QED) is 0.932. The first kappa shape index (κ1) is 13.9. The maximum absolute atomic E-state index is 11.2. The van der Waals surface area contributed by atoms with Crippen molar-refractivity contribution in [3.05, 3.63) is 45.7 Å². The Morgan fingerprint density at radius 1 is 1.32 bits per heavy atom. The third-order valence-electron chi connectivity index (χ3n) is 2.73. The predicted molar refractivity (Wildman–Crippen MR) is 74.6 cm³/mol. The van der Waals surface area contributed by atoms with Gasteiger partial charge in [-0.1, -0.05) is 37.0 Å². The second kappa shape index (κ2) is 5.23. The Morgan fingerprint density at radius 3 is 2.53 bits per heavy atom. The average Bonchev–Trinajstić information content (AvgIpc) is 2.77. The van der Waals surface area contributed by atoms with Crippen LogP contribution in [0.15, 0.2) is 24.4 Å². The van der Waals surface area contributed by atoms with Crippen LogP contribution in [0.2, 0.25) is 10.0 Å². The molecule has 1 aromatic carbocycles. The van der Waals surface area contributed by atoms with Crippen molar-refractivity contribution < 1.29 is 9.90 Å². The summed E-state index contributed by atoms with van der Waals surface area (Å²) in [6.45, 7) is 3.83. The minimum atomic E-state index is -0.991. The van der Waals surface area contributed by atoms with E-state index in [1.54, 1.807) is 22.9 Å². The van der Waals surface area contributed by atoms with E-state index in [0.717, 1.165) is 0 Å². The Labute approximate surface area is 120 Å². The van der Waals surface area contributed by atoms with Gasteiger partial charge in [0.15, 0.2) is 0 Å². The lowest BCUT2D eigenvalue weighted by molar-refractivity contribution is 0.0695. The molecule has 1 N–H and O–H groups in total. The van der Waals surface area contributed by atoms with Crippen molar-refractivity contribution in [2.75, 3.05) is 0 Å². The van der Waals surface area contributed by atoms with Gasteiger partial charge in [-0.15, -0.1) is 0 Å². The van der Waals surface area contributed by atoms with E-state index in [1.165, 1.54) is 6.20 Å². The molecule has 0 atom stereocenters. The molecule has 0 unspecified atom stereocenters. The second-order valence-corrected chi connectivity index (χ2v) is 5.23. The highest BCUT2D eigenvalue weighted by molar-refractivity contribution is 6.42. The molecule has 0 radical (unpaired) electrons. The lowest BCUT2D eigenvalue weighted by Crippen LogP contribution is -2.08. The molecule has 0 saturated heterocycles. The molecule has 0 aliphatic carbocycles. The summed E-state index contributed by atoms with van der Waals surface area (Å²) >= 11 is 11.8. The molecule has 0 spiro atoms. The summed E-state index contributed by atoms with van der Waals surface area (Å²) < 4.78 is 1.58. The first-order chi connectivity index (χ1) is 8.91. The molecule has 0 saturated carbocycles. The monoisotopic (exact) mass is 298 g/mol. The van der Waals surface area contributed by atoms with Crippen LogP contribution in [0.3, 0.4) is 0 Å². The highest BCUT2D eigenvalue weighted by atomic mass is 35.5. The van der Waals surface area contributed by atoms with E-state index in [0.29, 0.717) is 21.4 Å². The van der Waals surface area contributed by atoms with E-state index < -0.39 is 5.97 Å². The molecule has 6 heteroatoms. The molecular formula is C13H12Cl2N2O2. The number of carboxylic acid groups (broad SMARTS) is 1. The number of aromatic nitrogens is 2. The third-order valence-corrected chi connectivity index (χ3v) is 3.47. The molecule has 0 aliphatic heterocycles. The smallest absolute Gasteiger partial charge is 0.339 e. The van der Waals surface area contributed by atoms with E-state index in [9.17, 15) is 9.90 Å². The fourth-order valence-electron chi connectivity index (χ4n) is 1.90. The summed E-state index contributed by atoms with van der Waals surface area (Å²) in [6.07, 6.45) is 1.35. The molecule has 1 aromatic heterocycles. The fraction of sp³-hybridized carbons (Fsp3) is 0.231. The number of benzene rings is 1. The van der Waals surface area contributed by atoms with Crippen LogP contribution in [0.25, 0.3) is 5.69 Å². The van der Waals surface area contributed by atoms with E-state index in [1.807, 2.05) is 13.8 Å². The number of halogens is 2. The Bertz CT molecular complexity index is 636. The Kier molecular flexibility index (Phi) is 3.83. The second-order valence-electron chi connectivity index (χ2n) is 4.41. The molecule has 0 aliphatic rings. The Hall–Kier alpha value is -1.52. The summed E-state index contributed by atoms with van der Waals surface area (Å²) in [5.74, 6) is -0.974. The summed E-state index contributed by atoms with van der Waals surface area (Å²) in [5.41, 5.74) is 1.51. The zero-order valence-electron chi connectivity index (χ0n) is 10.4. The summed E-state index contributed by atoms with van der Waals surface area (Å²) in [4.78, 5) is 11.2. The number of hydrogen-bond acceptors (Lipinski definition) is 2. The van der Waals surface area contributed by atoms with E-state index in [-0.39, 0.29) is 11.5 Å². The molecule has 100 valence electrons. The van der Waals surface area contributed by atoms with Gasteiger partial charge in [0.05, 0.1) is 27.6 Å². The molecule has 19 heavy (non-hydrogen) atoms.